The highest BCUT2D eigenvalue weighted by Crippen LogP contribution is 2.36. The Labute approximate surface area is 85.5 Å². The summed E-state index contributed by atoms with van der Waals surface area (Å²) in [5.41, 5.74) is 3.07. The minimum Gasteiger partial charge on any atom is -0.307 e. The fraction of sp³-hybridized carbons (Fsp3) is 0.538. The summed E-state index contributed by atoms with van der Waals surface area (Å²) in [4.78, 5) is 0. The SMILES string of the molecule is CC1CCC1NC1Cc2ccccc21. The smallest absolute Gasteiger partial charge is 0.0366 e. The first kappa shape index (κ1) is 8.49. The molecule has 0 bridgehead atoms. The van der Waals surface area contributed by atoms with Crippen LogP contribution in [0.25, 0.3) is 0 Å². The van der Waals surface area contributed by atoms with Crippen LogP contribution in [0.2, 0.25) is 0 Å². The van der Waals surface area contributed by atoms with Gasteiger partial charge in [-0.25, -0.2) is 0 Å². The quantitative estimate of drug-likeness (QED) is 0.750. The van der Waals surface area contributed by atoms with Crippen LogP contribution in [0.1, 0.15) is 36.9 Å². The van der Waals surface area contributed by atoms with E-state index in [1.807, 2.05) is 0 Å². The van der Waals surface area contributed by atoms with Crippen molar-refractivity contribution in [3.63, 3.8) is 0 Å². The maximum absolute atomic E-state index is 3.76. The fourth-order valence-corrected chi connectivity index (χ4v) is 2.58. The lowest BCUT2D eigenvalue weighted by atomic mass is 9.77. The van der Waals surface area contributed by atoms with Gasteiger partial charge in [-0.3, -0.25) is 0 Å². The largest absolute Gasteiger partial charge is 0.307 e. The van der Waals surface area contributed by atoms with Gasteiger partial charge in [-0.1, -0.05) is 31.2 Å². The zero-order valence-electron chi connectivity index (χ0n) is 8.66. The Hall–Kier alpha value is -0.820. The molecule has 1 heteroatoms. The molecule has 74 valence electrons. The number of hydrogen-bond donors (Lipinski definition) is 1. The Bertz CT molecular complexity index is 345. The molecule has 0 saturated heterocycles. The first-order valence-electron chi connectivity index (χ1n) is 5.68. The van der Waals surface area contributed by atoms with Gasteiger partial charge in [0.15, 0.2) is 0 Å². The molecule has 1 nitrogen and oxygen atoms in total. The summed E-state index contributed by atoms with van der Waals surface area (Å²) in [7, 11) is 0. The van der Waals surface area contributed by atoms with Gasteiger partial charge in [0.1, 0.15) is 0 Å². The van der Waals surface area contributed by atoms with E-state index in [-0.39, 0.29) is 0 Å². The van der Waals surface area contributed by atoms with E-state index in [1.54, 1.807) is 0 Å². The number of benzene rings is 1. The molecule has 2 aliphatic carbocycles. The monoisotopic (exact) mass is 187 g/mol. The summed E-state index contributed by atoms with van der Waals surface area (Å²) in [5, 5.41) is 3.76. The number of nitrogens with one attached hydrogen (secondary N) is 1. The van der Waals surface area contributed by atoms with Gasteiger partial charge in [0.05, 0.1) is 0 Å². The molecule has 1 N–H and O–H groups in total. The van der Waals surface area contributed by atoms with Crippen molar-refractivity contribution in [3.8, 4) is 0 Å². The number of fused-ring (bicyclic) bond motifs is 1. The average Bonchev–Trinajstić information content (AvgIpc) is 2.17. The third kappa shape index (κ3) is 1.19. The van der Waals surface area contributed by atoms with Crippen LogP contribution in [-0.4, -0.2) is 6.04 Å². The van der Waals surface area contributed by atoms with Gasteiger partial charge in [-0.15, -0.1) is 0 Å². The lowest BCUT2D eigenvalue weighted by molar-refractivity contribution is 0.202. The molecule has 1 fully saturated rings. The van der Waals surface area contributed by atoms with Crippen LogP contribution in [0, 0.1) is 5.92 Å². The fourth-order valence-electron chi connectivity index (χ4n) is 2.58. The van der Waals surface area contributed by atoms with Crippen LogP contribution in [-0.2, 0) is 6.42 Å². The van der Waals surface area contributed by atoms with E-state index in [0.29, 0.717) is 6.04 Å². The van der Waals surface area contributed by atoms with E-state index in [0.717, 1.165) is 12.0 Å². The van der Waals surface area contributed by atoms with Crippen LogP contribution < -0.4 is 5.32 Å². The molecule has 3 atom stereocenters. The topological polar surface area (TPSA) is 12.0 Å². The molecule has 0 aromatic heterocycles. The van der Waals surface area contributed by atoms with E-state index in [9.17, 15) is 0 Å². The molecular weight excluding hydrogens is 170 g/mol. The Balaban J connectivity index is 1.68. The molecule has 1 aromatic rings. The molecule has 0 amide bonds. The van der Waals surface area contributed by atoms with Gasteiger partial charge >= 0.3 is 0 Å². The molecule has 2 aliphatic rings. The minimum atomic E-state index is 0.652. The molecule has 0 radical (unpaired) electrons. The standard InChI is InChI=1S/C13H17N/c1-9-6-7-12(9)14-13-8-10-4-2-3-5-11(10)13/h2-5,9,12-14H,6-8H2,1H3. The summed E-state index contributed by atoms with van der Waals surface area (Å²) in [5.74, 6) is 0.891. The zero-order valence-corrected chi connectivity index (χ0v) is 8.66. The van der Waals surface area contributed by atoms with E-state index in [2.05, 4.69) is 36.5 Å². The van der Waals surface area contributed by atoms with Crippen molar-refractivity contribution in [2.24, 2.45) is 5.92 Å². The normalized spacial score (nSPS) is 34.2. The van der Waals surface area contributed by atoms with Crippen molar-refractivity contribution in [2.45, 2.75) is 38.3 Å². The van der Waals surface area contributed by atoms with Crippen molar-refractivity contribution in [3.05, 3.63) is 35.4 Å². The highest BCUT2D eigenvalue weighted by atomic mass is 15.0. The molecule has 1 saturated carbocycles. The van der Waals surface area contributed by atoms with Crippen LogP contribution >= 0.6 is 0 Å². The van der Waals surface area contributed by atoms with Crippen LogP contribution in [0.5, 0.6) is 0 Å². The van der Waals surface area contributed by atoms with E-state index < -0.39 is 0 Å². The Kier molecular flexibility index (Phi) is 1.88. The van der Waals surface area contributed by atoms with Gasteiger partial charge in [0, 0.05) is 12.1 Å². The third-order valence-corrected chi connectivity index (χ3v) is 3.89. The second-order valence-corrected chi connectivity index (χ2v) is 4.78. The van der Waals surface area contributed by atoms with Crippen LogP contribution in [0.15, 0.2) is 24.3 Å². The molecule has 0 spiro atoms. The summed E-state index contributed by atoms with van der Waals surface area (Å²) in [6.07, 6.45) is 4.02. The summed E-state index contributed by atoms with van der Waals surface area (Å²) in [6.45, 7) is 2.35. The predicted molar refractivity (Wildman–Crippen MR) is 58.2 cm³/mol. The maximum atomic E-state index is 3.76. The summed E-state index contributed by atoms with van der Waals surface area (Å²) >= 11 is 0. The molecule has 3 rings (SSSR count). The van der Waals surface area contributed by atoms with E-state index >= 15 is 0 Å². The molecular formula is C13H17N. The lowest BCUT2D eigenvalue weighted by Gasteiger charge is -2.41. The van der Waals surface area contributed by atoms with Gasteiger partial charge in [-0.05, 0) is 36.3 Å². The molecule has 14 heavy (non-hydrogen) atoms. The first-order chi connectivity index (χ1) is 6.84. The second kappa shape index (κ2) is 3.09. The molecule has 0 heterocycles. The highest BCUT2D eigenvalue weighted by molar-refractivity contribution is 5.39. The number of rotatable bonds is 2. The van der Waals surface area contributed by atoms with Gasteiger partial charge in [-0.2, -0.15) is 0 Å². The van der Waals surface area contributed by atoms with Gasteiger partial charge in [0.2, 0.25) is 0 Å². The van der Waals surface area contributed by atoms with Crippen molar-refractivity contribution in [1.82, 2.24) is 5.32 Å². The minimum absolute atomic E-state index is 0.652. The summed E-state index contributed by atoms with van der Waals surface area (Å²) < 4.78 is 0. The van der Waals surface area contributed by atoms with Crippen molar-refractivity contribution in [2.75, 3.05) is 0 Å². The molecule has 3 unspecified atom stereocenters. The molecule has 1 aromatic carbocycles. The first-order valence-corrected chi connectivity index (χ1v) is 5.68. The Morgan fingerprint density at radius 3 is 2.71 bits per heavy atom. The van der Waals surface area contributed by atoms with Gasteiger partial charge in [0.25, 0.3) is 0 Å². The Morgan fingerprint density at radius 2 is 2.07 bits per heavy atom. The van der Waals surface area contributed by atoms with Crippen molar-refractivity contribution < 1.29 is 0 Å². The highest BCUT2D eigenvalue weighted by Gasteiger charge is 2.33. The van der Waals surface area contributed by atoms with Crippen LogP contribution in [0.4, 0.5) is 0 Å². The van der Waals surface area contributed by atoms with Crippen molar-refractivity contribution >= 4 is 0 Å². The number of hydrogen-bond acceptors (Lipinski definition) is 1. The predicted octanol–water partition coefficient (Wildman–Crippen LogP) is 2.67. The van der Waals surface area contributed by atoms with Gasteiger partial charge < -0.3 is 5.32 Å². The maximum Gasteiger partial charge on any atom is 0.0366 e. The lowest BCUT2D eigenvalue weighted by Crippen LogP contribution is -2.47. The van der Waals surface area contributed by atoms with Crippen LogP contribution in [0.3, 0.4) is 0 Å². The third-order valence-electron chi connectivity index (χ3n) is 3.89. The van der Waals surface area contributed by atoms with Crippen molar-refractivity contribution in [1.29, 1.82) is 0 Å². The van der Waals surface area contributed by atoms with E-state index in [4.69, 9.17) is 0 Å². The zero-order chi connectivity index (χ0) is 9.54. The van der Waals surface area contributed by atoms with E-state index in [1.165, 1.54) is 30.4 Å². The Morgan fingerprint density at radius 1 is 1.21 bits per heavy atom. The molecule has 0 aliphatic heterocycles. The summed E-state index contributed by atoms with van der Waals surface area (Å²) in [6, 6.07) is 10.2. The second-order valence-electron chi connectivity index (χ2n) is 4.78. The average molecular weight is 187 g/mol.